The van der Waals surface area contributed by atoms with E-state index in [1.807, 2.05) is 18.4 Å². The fourth-order valence-corrected chi connectivity index (χ4v) is 3.29. The molecule has 90 valence electrons. The van der Waals surface area contributed by atoms with E-state index in [1.165, 1.54) is 5.56 Å². The second-order valence-electron chi connectivity index (χ2n) is 4.40. The molecule has 0 radical (unpaired) electrons. The van der Waals surface area contributed by atoms with Gasteiger partial charge in [0, 0.05) is 17.8 Å². The van der Waals surface area contributed by atoms with Crippen molar-refractivity contribution in [3.8, 4) is 0 Å². The van der Waals surface area contributed by atoms with Crippen molar-refractivity contribution in [1.82, 2.24) is 5.32 Å². The van der Waals surface area contributed by atoms with Crippen LogP contribution in [0.1, 0.15) is 30.2 Å². The summed E-state index contributed by atoms with van der Waals surface area (Å²) in [6, 6.07) is 2.02. The summed E-state index contributed by atoms with van der Waals surface area (Å²) in [7, 11) is 0. The van der Waals surface area contributed by atoms with Crippen LogP contribution in [0.4, 0.5) is 13.2 Å². The first-order valence-corrected chi connectivity index (χ1v) is 6.17. The van der Waals surface area contributed by atoms with E-state index in [1.54, 1.807) is 11.3 Å². The van der Waals surface area contributed by atoms with Crippen molar-refractivity contribution in [2.75, 3.05) is 6.54 Å². The molecule has 1 N–H and O–H groups in total. The molecule has 1 aromatic rings. The van der Waals surface area contributed by atoms with E-state index in [9.17, 15) is 13.2 Å². The first kappa shape index (κ1) is 11.9. The van der Waals surface area contributed by atoms with E-state index in [0.717, 1.165) is 17.8 Å². The summed E-state index contributed by atoms with van der Waals surface area (Å²) in [4.78, 5) is 1.07. The summed E-state index contributed by atoms with van der Waals surface area (Å²) in [6.45, 7) is 2.63. The van der Waals surface area contributed by atoms with Gasteiger partial charge in [-0.25, -0.2) is 0 Å². The Morgan fingerprint density at radius 2 is 2.25 bits per heavy atom. The molecule has 0 spiro atoms. The summed E-state index contributed by atoms with van der Waals surface area (Å²) < 4.78 is 36.8. The van der Waals surface area contributed by atoms with Gasteiger partial charge in [0.2, 0.25) is 0 Å². The van der Waals surface area contributed by atoms with Crippen molar-refractivity contribution in [3.05, 3.63) is 21.9 Å². The highest BCUT2D eigenvalue weighted by Gasteiger charge is 2.37. The summed E-state index contributed by atoms with van der Waals surface area (Å²) >= 11 is 1.55. The summed E-state index contributed by atoms with van der Waals surface area (Å²) in [5.74, 6) is 0. The first-order chi connectivity index (χ1) is 7.41. The molecule has 16 heavy (non-hydrogen) atoms. The van der Waals surface area contributed by atoms with E-state index in [2.05, 4.69) is 5.32 Å². The predicted octanol–water partition coefficient (Wildman–Crippen LogP) is 3.45. The van der Waals surface area contributed by atoms with Crippen molar-refractivity contribution >= 4 is 11.3 Å². The monoisotopic (exact) mass is 249 g/mol. The van der Waals surface area contributed by atoms with E-state index in [4.69, 9.17) is 0 Å². The van der Waals surface area contributed by atoms with E-state index < -0.39 is 18.1 Å². The van der Waals surface area contributed by atoms with Crippen LogP contribution < -0.4 is 5.32 Å². The molecular formula is C11H14F3NS. The number of alkyl halides is 3. The van der Waals surface area contributed by atoms with Gasteiger partial charge < -0.3 is 5.32 Å². The van der Waals surface area contributed by atoms with Gasteiger partial charge in [0.15, 0.2) is 0 Å². The normalized spacial score (nSPS) is 25.5. The molecule has 1 aliphatic rings. The third-order valence-electron chi connectivity index (χ3n) is 3.07. The highest BCUT2D eigenvalue weighted by Crippen LogP contribution is 2.38. The molecule has 1 unspecified atom stereocenters. The minimum absolute atomic E-state index is 0.115. The number of nitrogens with one attached hydrogen (secondary N) is 1. The van der Waals surface area contributed by atoms with Crippen LogP contribution in [-0.2, 0) is 12.0 Å². The van der Waals surface area contributed by atoms with Crippen LogP contribution in [0.5, 0.6) is 0 Å². The Morgan fingerprint density at radius 1 is 1.50 bits per heavy atom. The molecule has 5 heteroatoms. The molecule has 0 amide bonds. The molecule has 0 bridgehead atoms. The van der Waals surface area contributed by atoms with Crippen LogP contribution in [0, 0.1) is 0 Å². The lowest BCUT2D eigenvalue weighted by atomic mass is 9.87. The third kappa shape index (κ3) is 2.40. The highest BCUT2D eigenvalue weighted by atomic mass is 32.1. The number of halogens is 3. The minimum Gasteiger partial charge on any atom is -0.307 e. The fraction of sp³-hybridized carbons (Fsp3) is 0.636. The zero-order chi connectivity index (χ0) is 11.8. The Bertz CT molecular complexity index is 372. The van der Waals surface area contributed by atoms with Gasteiger partial charge in [0.1, 0.15) is 0 Å². The van der Waals surface area contributed by atoms with Crippen LogP contribution >= 0.6 is 11.3 Å². The zero-order valence-corrected chi connectivity index (χ0v) is 9.84. The average Bonchev–Trinajstić information content (AvgIpc) is 2.64. The largest absolute Gasteiger partial charge is 0.389 e. The molecule has 0 fully saturated rings. The van der Waals surface area contributed by atoms with Crippen molar-refractivity contribution in [3.63, 3.8) is 0 Å². The second kappa shape index (κ2) is 4.04. The maximum Gasteiger partial charge on any atom is 0.389 e. The molecule has 1 aromatic heterocycles. The Balaban J connectivity index is 2.15. The number of hydrogen-bond donors (Lipinski definition) is 1. The lowest BCUT2D eigenvalue weighted by molar-refractivity contribution is -0.139. The molecule has 2 rings (SSSR count). The number of rotatable bonds is 2. The van der Waals surface area contributed by atoms with Crippen LogP contribution in [0.25, 0.3) is 0 Å². The van der Waals surface area contributed by atoms with Gasteiger partial charge in [-0.1, -0.05) is 0 Å². The number of fused-ring (bicyclic) bond motifs is 1. The molecule has 0 saturated heterocycles. The van der Waals surface area contributed by atoms with Crippen LogP contribution in [0.15, 0.2) is 11.4 Å². The highest BCUT2D eigenvalue weighted by molar-refractivity contribution is 7.10. The van der Waals surface area contributed by atoms with Gasteiger partial charge in [-0.2, -0.15) is 13.2 Å². The zero-order valence-electron chi connectivity index (χ0n) is 9.03. The summed E-state index contributed by atoms with van der Waals surface area (Å²) in [5.41, 5.74) is 0.700. The molecular weight excluding hydrogens is 235 g/mol. The van der Waals surface area contributed by atoms with E-state index in [-0.39, 0.29) is 6.42 Å². The molecule has 1 nitrogen and oxygen atoms in total. The molecule has 1 aliphatic heterocycles. The second-order valence-corrected chi connectivity index (χ2v) is 5.32. The van der Waals surface area contributed by atoms with Crippen molar-refractivity contribution < 1.29 is 13.2 Å². The average molecular weight is 249 g/mol. The maximum atomic E-state index is 12.3. The fourth-order valence-electron chi connectivity index (χ4n) is 2.16. The SMILES string of the molecule is CC1(CCC(F)(F)F)NCCc2ccsc21. The lowest BCUT2D eigenvalue weighted by Crippen LogP contribution is -2.44. The van der Waals surface area contributed by atoms with Gasteiger partial charge in [0.25, 0.3) is 0 Å². The van der Waals surface area contributed by atoms with Crippen LogP contribution in [0.3, 0.4) is 0 Å². The van der Waals surface area contributed by atoms with E-state index in [0.29, 0.717) is 0 Å². The van der Waals surface area contributed by atoms with E-state index >= 15 is 0 Å². The molecule has 2 heterocycles. The summed E-state index contributed by atoms with van der Waals surface area (Å²) in [5, 5.41) is 5.18. The minimum atomic E-state index is -4.07. The Morgan fingerprint density at radius 3 is 2.94 bits per heavy atom. The van der Waals surface area contributed by atoms with Crippen LogP contribution in [0.2, 0.25) is 0 Å². The maximum absolute atomic E-state index is 12.3. The molecule has 0 aromatic carbocycles. The quantitative estimate of drug-likeness (QED) is 0.846. The van der Waals surface area contributed by atoms with Crippen molar-refractivity contribution in [1.29, 1.82) is 0 Å². The van der Waals surface area contributed by atoms with Gasteiger partial charge >= 0.3 is 6.18 Å². The van der Waals surface area contributed by atoms with Gasteiger partial charge in [0.05, 0.1) is 5.54 Å². The van der Waals surface area contributed by atoms with Crippen molar-refractivity contribution in [2.24, 2.45) is 0 Å². The Labute approximate surface area is 96.7 Å². The standard InChI is InChI=1S/C11H14F3NS/c1-10(4-5-11(12,13)14)9-8(2-6-15-10)3-7-16-9/h3,7,15H,2,4-6H2,1H3. The molecule has 0 aliphatic carbocycles. The predicted molar refractivity (Wildman–Crippen MR) is 58.7 cm³/mol. The van der Waals surface area contributed by atoms with Gasteiger partial charge in [-0.05, 0) is 36.8 Å². The van der Waals surface area contributed by atoms with Gasteiger partial charge in [-0.3, -0.25) is 0 Å². The van der Waals surface area contributed by atoms with Crippen LogP contribution in [-0.4, -0.2) is 12.7 Å². The molecule has 1 atom stereocenters. The Hall–Kier alpha value is -0.550. The number of hydrogen-bond acceptors (Lipinski definition) is 2. The summed E-state index contributed by atoms with van der Waals surface area (Å²) in [6.07, 6.45) is -3.77. The Kier molecular flexibility index (Phi) is 3.01. The smallest absolute Gasteiger partial charge is 0.307 e. The first-order valence-electron chi connectivity index (χ1n) is 5.29. The molecule has 0 saturated carbocycles. The van der Waals surface area contributed by atoms with Crippen molar-refractivity contribution in [2.45, 2.75) is 37.9 Å². The lowest BCUT2D eigenvalue weighted by Gasteiger charge is -2.35. The third-order valence-corrected chi connectivity index (χ3v) is 4.29. The topological polar surface area (TPSA) is 12.0 Å². The number of thiophene rings is 1. The van der Waals surface area contributed by atoms with Gasteiger partial charge in [-0.15, -0.1) is 11.3 Å².